The van der Waals surface area contributed by atoms with E-state index < -0.39 is 0 Å². The summed E-state index contributed by atoms with van der Waals surface area (Å²) in [5, 5.41) is 6.87. The van der Waals surface area contributed by atoms with Crippen molar-refractivity contribution in [2.75, 3.05) is 40.9 Å². The maximum absolute atomic E-state index is 12.1. The van der Waals surface area contributed by atoms with E-state index >= 15 is 0 Å². The molecule has 3 rings (SSSR count). The molecule has 0 bridgehead atoms. The Morgan fingerprint density at radius 2 is 2.06 bits per heavy atom. The molecule has 7 heteroatoms. The number of amides is 1. The minimum atomic E-state index is -0.0474. The lowest BCUT2D eigenvalue weighted by atomic mass is 10.0. The average molecular weight is 425 g/mol. The summed E-state index contributed by atoms with van der Waals surface area (Å²) >= 11 is 0. The molecule has 1 heterocycles. The molecule has 1 aliphatic rings. The smallest absolute Gasteiger partial charge is 0.243 e. The molecule has 7 nitrogen and oxygen atoms in total. The summed E-state index contributed by atoms with van der Waals surface area (Å²) in [4.78, 5) is 18.2. The SMILES string of the molecule is COc1ccc(C)cc1CCNC(=NCC(=O)N(C)C)NC1CCOc2ccccc21. The van der Waals surface area contributed by atoms with E-state index in [-0.39, 0.29) is 18.5 Å². The van der Waals surface area contributed by atoms with Gasteiger partial charge < -0.3 is 25.0 Å². The molecule has 1 aliphatic heterocycles. The van der Waals surface area contributed by atoms with Gasteiger partial charge in [0.25, 0.3) is 0 Å². The highest BCUT2D eigenvalue weighted by Crippen LogP contribution is 2.31. The predicted octanol–water partition coefficient (Wildman–Crippen LogP) is 2.69. The number of carbonyl (C=O) groups is 1. The quantitative estimate of drug-likeness (QED) is 0.528. The van der Waals surface area contributed by atoms with Crippen LogP contribution < -0.4 is 20.1 Å². The van der Waals surface area contributed by atoms with Gasteiger partial charge in [-0.2, -0.15) is 0 Å². The van der Waals surface area contributed by atoms with Gasteiger partial charge in [-0.1, -0.05) is 35.9 Å². The van der Waals surface area contributed by atoms with Crippen LogP contribution >= 0.6 is 0 Å². The average Bonchev–Trinajstić information content (AvgIpc) is 2.77. The highest BCUT2D eigenvalue weighted by atomic mass is 16.5. The van der Waals surface area contributed by atoms with Crippen molar-refractivity contribution in [1.29, 1.82) is 0 Å². The fourth-order valence-electron chi connectivity index (χ4n) is 3.52. The number of rotatable bonds is 7. The van der Waals surface area contributed by atoms with Crippen LogP contribution in [0.1, 0.15) is 29.2 Å². The first-order valence-electron chi connectivity index (χ1n) is 10.6. The zero-order chi connectivity index (χ0) is 22.2. The number of benzene rings is 2. The summed E-state index contributed by atoms with van der Waals surface area (Å²) in [6.07, 6.45) is 1.60. The van der Waals surface area contributed by atoms with Crippen molar-refractivity contribution in [2.24, 2.45) is 4.99 Å². The van der Waals surface area contributed by atoms with Crippen molar-refractivity contribution >= 4 is 11.9 Å². The lowest BCUT2D eigenvalue weighted by Crippen LogP contribution is -2.42. The molecule has 1 atom stereocenters. The van der Waals surface area contributed by atoms with Crippen LogP contribution in [0.15, 0.2) is 47.5 Å². The Labute approximate surface area is 184 Å². The Morgan fingerprint density at radius 1 is 1.26 bits per heavy atom. The number of para-hydroxylation sites is 1. The van der Waals surface area contributed by atoms with Gasteiger partial charge >= 0.3 is 0 Å². The third-order valence-electron chi connectivity index (χ3n) is 5.26. The number of ether oxygens (including phenoxy) is 2. The molecule has 166 valence electrons. The summed E-state index contributed by atoms with van der Waals surface area (Å²) < 4.78 is 11.3. The first-order chi connectivity index (χ1) is 15.0. The minimum Gasteiger partial charge on any atom is -0.496 e. The Kier molecular flexibility index (Phi) is 7.76. The van der Waals surface area contributed by atoms with Crippen LogP contribution in [0.3, 0.4) is 0 Å². The fourth-order valence-corrected chi connectivity index (χ4v) is 3.52. The molecule has 0 aliphatic carbocycles. The standard InChI is InChI=1S/C24H32N4O3/c1-17-9-10-21(30-4)18(15-17)11-13-25-24(26-16-23(29)28(2)3)27-20-12-14-31-22-8-6-5-7-19(20)22/h5-10,15,20H,11-14,16H2,1-4H3,(H2,25,26,27). The molecule has 2 N–H and O–H groups in total. The molecule has 0 spiro atoms. The number of nitrogens with zero attached hydrogens (tertiary/aromatic N) is 2. The maximum Gasteiger partial charge on any atom is 0.243 e. The van der Waals surface area contributed by atoms with Gasteiger partial charge in [0, 0.05) is 32.6 Å². The van der Waals surface area contributed by atoms with E-state index in [9.17, 15) is 4.79 Å². The molecule has 0 radical (unpaired) electrons. The van der Waals surface area contributed by atoms with E-state index in [0.717, 1.165) is 35.5 Å². The van der Waals surface area contributed by atoms with Gasteiger partial charge in [0.05, 0.1) is 19.8 Å². The molecule has 0 saturated heterocycles. The van der Waals surface area contributed by atoms with Crippen molar-refractivity contribution < 1.29 is 14.3 Å². The van der Waals surface area contributed by atoms with Crippen LogP contribution in [0.4, 0.5) is 0 Å². The van der Waals surface area contributed by atoms with E-state index in [1.54, 1.807) is 26.1 Å². The fraction of sp³-hybridized carbons (Fsp3) is 0.417. The van der Waals surface area contributed by atoms with Crippen molar-refractivity contribution in [2.45, 2.75) is 25.8 Å². The van der Waals surface area contributed by atoms with Gasteiger partial charge in [0.1, 0.15) is 18.0 Å². The molecule has 0 saturated carbocycles. The lowest BCUT2D eigenvalue weighted by Gasteiger charge is -2.28. The van der Waals surface area contributed by atoms with Crippen LogP contribution in [0.5, 0.6) is 11.5 Å². The third-order valence-corrected chi connectivity index (χ3v) is 5.26. The van der Waals surface area contributed by atoms with E-state index in [2.05, 4.69) is 34.7 Å². The largest absolute Gasteiger partial charge is 0.496 e. The molecule has 1 amide bonds. The molecule has 2 aromatic carbocycles. The van der Waals surface area contributed by atoms with E-state index in [1.807, 2.05) is 30.3 Å². The van der Waals surface area contributed by atoms with E-state index in [0.29, 0.717) is 19.1 Å². The second kappa shape index (κ2) is 10.7. The molecular formula is C24H32N4O3. The first kappa shape index (κ1) is 22.5. The number of guanidine groups is 1. The Morgan fingerprint density at radius 3 is 2.84 bits per heavy atom. The summed E-state index contributed by atoms with van der Waals surface area (Å²) in [5.74, 6) is 2.33. The molecule has 0 fully saturated rings. The summed E-state index contributed by atoms with van der Waals surface area (Å²) in [7, 11) is 5.15. The summed E-state index contributed by atoms with van der Waals surface area (Å²) in [6.45, 7) is 3.45. The first-order valence-corrected chi connectivity index (χ1v) is 10.6. The predicted molar refractivity (Wildman–Crippen MR) is 123 cm³/mol. The molecule has 2 aromatic rings. The Hall–Kier alpha value is -3.22. The second-order valence-corrected chi connectivity index (χ2v) is 7.82. The highest BCUT2D eigenvalue weighted by molar-refractivity contribution is 5.85. The number of aliphatic imine (C=N–C) groups is 1. The number of likely N-dealkylation sites (N-methyl/N-ethyl adjacent to an activating group) is 1. The monoisotopic (exact) mass is 424 g/mol. The van der Waals surface area contributed by atoms with E-state index in [4.69, 9.17) is 9.47 Å². The number of aryl methyl sites for hydroxylation is 1. The molecule has 1 unspecified atom stereocenters. The lowest BCUT2D eigenvalue weighted by molar-refractivity contribution is -0.127. The number of fused-ring (bicyclic) bond motifs is 1. The summed E-state index contributed by atoms with van der Waals surface area (Å²) in [5.41, 5.74) is 3.43. The van der Waals surface area contributed by atoms with Crippen molar-refractivity contribution in [3.05, 3.63) is 59.2 Å². The Bertz CT molecular complexity index is 927. The van der Waals surface area contributed by atoms with Crippen LogP contribution in [0, 0.1) is 6.92 Å². The normalized spacial score (nSPS) is 15.5. The van der Waals surface area contributed by atoms with Gasteiger partial charge in [0.15, 0.2) is 5.96 Å². The van der Waals surface area contributed by atoms with Crippen molar-refractivity contribution in [3.8, 4) is 11.5 Å². The van der Waals surface area contributed by atoms with Crippen LogP contribution in [-0.4, -0.2) is 57.7 Å². The third kappa shape index (κ3) is 6.13. The van der Waals surface area contributed by atoms with Gasteiger partial charge in [-0.25, -0.2) is 4.99 Å². The van der Waals surface area contributed by atoms with Crippen LogP contribution in [0.25, 0.3) is 0 Å². The van der Waals surface area contributed by atoms with Gasteiger partial charge in [-0.15, -0.1) is 0 Å². The highest BCUT2D eigenvalue weighted by Gasteiger charge is 2.22. The van der Waals surface area contributed by atoms with Crippen molar-refractivity contribution in [3.63, 3.8) is 0 Å². The van der Waals surface area contributed by atoms with Gasteiger partial charge in [-0.05, 0) is 31.0 Å². The number of hydrogen-bond donors (Lipinski definition) is 2. The molecule has 0 aromatic heterocycles. The zero-order valence-electron chi connectivity index (χ0n) is 18.8. The zero-order valence-corrected chi connectivity index (χ0v) is 18.8. The number of hydrogen-bond acceptors (Lipinski definition) is 4. The number of nitrogens with one attached hydrogen (secondary N) is 2. The van der Waals surface area contributed by atoms with Crippen LogP contribution in [0.2, 0.25) is 0 Å². The van der Waals surface area contributed by atoms with Crippen LogP contribution in [-0.2, 0) is 11.2 Å². The van der Waals surface area contributed by atoms with E-state index in [1.165, 1.54) is 5.56 Å². The van der Waals surface area contributed by atoms with Gasteiger partial charge in [0.2, 0.25) is 5.91 Å². The second-order valence-electron chi connectivity index (χ2n) is 7.82. The summed E-state index contributed by atoms with van der Waals surface area (Å²) in [6, 6.07) is 14.3. The topological polar surface area (TPSA) is 75.2 Å². The van der Waals surface area contributed by atoms with Crippen molar-refractivity contribution in [1.82, 2.24) is 15.5 Å². The number of carbonyl (C=O) groups excluding carboxylic acids is 1. The maximum atomic E-state index is 12.1. The molecular weight excluding hydrogens is 392 g/mol. The van der Waals surface area contributed by atoms with Gasteiger partial charge in [-0.3, -0.25) is 4.79 Å². The number of methoxy groups -OCH3 is 1. The Balaban J connectivity index is 1.71. The minimum absolute atomic E-state index is 0.0474. The molecule has 31 heavy (non-hydrogen) atoms.